The highest BCUT2D eigenvalue weighted by atomic mass is 16.5. The SMILES string of the molecule is CO[C@H]1CCCN(c2cc(=O)c3cc(C)cc(C(C)Nc4ccccc4C(=O)O)c3o2)C1. The van der Waals surface area contributed by atoms with Gasteiger partial charge in [-0.3, -0.25) is 4.79 Å². The topological polar surface area (TPSA) is 92.0 Å². The summed E-state index contributed by atoms with van der Waals surface area (Å²) in [5.41, 5.74) is 2.87. The Bertz CT molecular complexity index is 1200. The Morgan fingerprint density at radius 2 is 2.06 bits per heavy atom. The second kappa shape index (κ2) is 9.04. The van der Waals surface area contributed by atoms with Gasteiger partial charge in [0.1, 0.15) is 5.58 Å². The Labute approximate surface area is 186 Å². The van der Waals surface area contributed by atoms with Crippen LogP contribution in [0.15, 0.2) is 51.7 Å². The number of carboxylic acid groups (broad SMARTS) is 1. The van der Waals surface area contributed by atoms with E-state index in [9.17, 15) is 14.7 Å². The van der Waals surface area contributed by atoms with Crippen LogP contribution in [0, 0.1) is 6.92 Å². The van der Waals surface area contributed by atoms with E-state index in [-0.39, 0.29) is 23.1 Å². The van der Waals surface area contributed by atoms with Crippen LogP contribution in [0.5, 0.6) is 0 Å². The Morgan fingerprint density at radius 3 is 2.81 bits per heavy atom. The fourth-order valence-electron chi connectivity index (χ4n) is 4.34. The van der Waals surface area contributed by atoms with Crippen LogP contribution in [-0.2, 0) is 4.74 Å². The quantitative estimate of drug-likeness (QED) is 0.584. The summed E-state index contributed by atoms with van der Waals surface area (Å²) >= 11 is 0. The van der Waals surface area contributed by atoms with Gasteiger partial charge in [-0.15, -0.1) is 0 Å². The summed E-state index contributed by atoms with van der Waals surface area (Å²) < 4.78 is 11.8. The lowest BCUT2D eigenvalue weighted by Crippen LogP contribution is -2.39. The standard InChI is InChI=1S/C25H28N2O5/c1-15-11-19(16(2)26-21-9-5-4-8-18(21)25(29)30)24-20(12-15)22(28)13-23(32-24)27-10-6-7-17(14-27)31-3/h4-5,8-9,11-13,16-17,26H,6-7,10,14H2,1-3H3,(H,29,30)/t16?,17-/m0/s1. The number of methoxy groups -OCH3 is 1. The second-order valence-corrected chi connectivity index (χ2v) is 8.34. The first-order valence-corrected chi connectivity index (χ1v) is 10.8. The Kier molecular flexibility index (Phi) is 6.19. The zero-order valence-electron chi connectivity index (χ0n) is 18.6. The van der Waals surface area contributed by atoms with E-state index in [0.29, 0.717) is 29.1 Å². The third-order valence-electron chi connectivity index (χ3n) is 6.01. The van der Waals surface area contributed by atoms with Gasteiger partial charge in [0.25, 0.3) is 0 Å². The molecule has 0 radical (unpaired) electrons. The van der Waals surface area contributed by atoms with E-state index in [4.69, 9.17) is 9.15 Å². The van der Waals surface area contributed by atoms with Crippen molar-refractivity contribution in [2.45, 2.75) is 38.8 Å². The van der Waals surface area contributed by atoms with Crippen LogP contribution in [0.3, 0.4) is 0 Å². The molecule has 2 N–H and O–H groups in total. The molecule has 2 atom stereocenters. The third kappa shape index (κ3) is 4.34. The predicted molar refractivity (Wildman–Crippen MR) is 125 cm³/mol. The minimum Gasteiger partial charge on any atom is -0.478 e. The first-order chi connectivity index (χ1) is 15.4. The van der Waals surface area contributed by atoms with Gasteiger partial charge >= 0.3 is 5.97 Å². The van der Waals surface area contributed by atoms with Crippen LogP contribution in [0.2, 0.25) is 0 Å². The van der Waals surface area contributed by atoms with Crippen molar-refractivity contribution < 1.29 is 19.1 Å². The van der Waals surface area contributed by atoms with E-state index >= 15 is 0 Å². The molecule has 1 aromatic heterocycles. The van der Waals surface area contributed by atoms with Crippen LogP contribution in [0.4, 0.5) is 11.6 Å². The van der Waals surface area contributed by atoms with Gasteiger partial charge in [-0.2, -0.15) is 0 Å². The summed E-state index contributed by atoms with van der Waals surface area (Å²) in [6, 6.07) is 11.9. The van der Waals surface area contributed by atoms with Crippen LogP contribution in [0.1, 0.15) is 47.3 Å². The average molecular weight is 437 g/mol. The number of fused-ring (bicyclic) bond motifs is 1. The van der Waals surface area contributed by atoms with Crippen molar-refractivity contribution in [3.8, 4) is 0 Å². The highest BCUT2D eigenvalue weighted by Gasteiger charge is 2.23. The highest BCUT2D eigenvalue weighted by Crippen LogP contribution is 2.31. The number of benzene rings is 2. The van der Waals surface area contributed by atoms with Crippen molar-refractivity contribution in [1.82, 2.24) is 0 Å². The monoisotopic (exact) mass is 436 g/mol. The molecule has 2 heterocycles. The van der Waals surface area contributed by atoms with Crippen molar-refractivity contribution >= 4 is 28.5 Å². The number of ether oxygens (including phenoxy) is 1. The predicted octanol–water partition coefficient (Wildman–Crippen LogP) is 4.59. The fraction of sp³-hybridized carbons (Fsp3) is 0.360. The van der Waals surface area contributed by atoms with Gasteiger partial charge in [0.05, 0.1) is 23.1 Å². The maximum atomic E-state index is 13.0. The molecule has 1 saturated heterocycles. The molecule has 3 aromatic rings. The van der Waals surface area contributed by atoms with Gasteiger partial charge in [0.15, 0.2) is 11.3 Å². The van der Waals surface area contributed by atoms with Gasteiger partial charge in [-0.1, -0.05) is 18.2 Å². The van der Waals surface area contributed by atoms with E-state index in [1.165, 1.54) is 0 Å². The smallest absolute Gasteiger partial charge is 0.337 e. The lowest BCUT2D eigenvalue weighted by molar-refractivity contribution is 0.0698. The molecule has 7 nitrogen and oxygen atoms in total. The van der Waals surface area contributed by atoms with Crippen LogP contribution < -0.4 is 15.6 Å². The van der Waals surface area contributed by atoms with Crippen LogP contribution >= 0.6 is 0 Å². The summed E-state index contributed by atoms with van der Waals surface area (Å²) in [5.74, 6) is -0.464. The molecular weight excluding hydrogens is 408 g/mol. The average Bonchev–Trinajstić information content (AvgIpc) is 2.79. The van der Waals surface area contributed by atoms with Crippen LogP contribution in [0.25, 0.3) is 11.0 Å². The van der Waals surface area contributed by atoms with Gasteiger partial charge in [0, 0.05) is 37.5 Å². The lowest BCUT2D eigenvalue weighted by atomic mass is 10.0. The van der Waals surface area contributed by atoms with E-state index in [1.54, 1.807) is 37.4 Å². The molecular formula is C25H28N2O5. The number of rotatable bonds is 6. The zero-order valence-corrected chi connectivity index (χ0v) is 18.6. The van der Waals surface area contributed by atoms with E-state index in [0.717, 1.165) is 30.5 Å². The van der Waals surface area contributed by atoms with Crippen molar-refractivity contribution in [1.29, 1.82) is 0 Å². The van der Waals surface area contributed by atoms with Gasteiger partial charge < -0.3 is 24.5 Å². The first kappa shape index (κ1) is 21.9. The number of carboxylic acids is 1. The lowest BCUT2D eigenvalue weighted by Gasteiger charge is -2.32. The number of anilines is 2. The van der Waals surface area contributed by atoms with Crippen molar-refractivity contribution in [3.63, 3.8) is 0 Å². The molecule has 1 aliphatic heterocycles. The maximum Gasteiger partial charge on any atom is 0.337 e. The summed E-state index contributed by atoms with van der Waals surface area (Å²) in [6.45, 7) is 5.34. The molecule has 1 aliphatic rings. The number of piperidine rings is 1. The molecule has 168 valence electrons. The molecule has 2 aromatic carbocycles. The summed E-state index contributed by atoms with van der Waals surface area (Å²) in [7, 11) is 1.70. The largest absolute Gasteiger partial charge is 0.478 e. The maximum absolute atomic E-state index is 13.0. The van der Waals surface area contributed by atoms with Gasteiger partial charge in [-0.05, 0) is 50.5 Å². The molecule has 1 fully saturated rings. The van der Waals surface area contributed by atoms with E-state index in [1.807, 2.05) is 26.0 Å². The van der Waals surface area contributed by atoms with E-state index in [2.05, 4.69) is 10.2 Å². The molecule has 0 saturated carbocycles. The van der Waals surface area contributed by atoms with Gasteiger partial charge in [0.2, 0.25) is 0 Å². The first-order valence-electron chi connectivity index (χ1n) is 10.8. The summed E-state index contributed by atoms with van der Waals surface area (Å²) in [6.07, 6.45) is 2.06. The Balaban J connectivity index is 1.76. The number of nitrogens with zero attached hydrogens (tertiary/aromatic N) is 1. The molecule has 0 amide bonds. The molecule has 0 bridgehead atoms. The number of aromatic carboxylic acids is 1. The number of para-hydroxylation sites is 1. The fourth-order valence-corrected chi connectivity index (χ4v) is 4.34. The molecule has 0 spiro atoms. The number of nitrogens with one attached hydrogen (secondary N) is 1. The van der Waals surface area contributed by atoms with Crippen molar-refractivity contribution in [2.75, 3.05) is 30.4 Å². The zero-order chi connectivity index (χ0) is 22.8. The van der Waals surface area contributed by atoms with Crippen LogP contribution in [-0.4, -0.2) is 37.4 Å². The molecule has 7 heteroatoms. The van der Waals surface area contributed by atoms with E-state index < -0.39 is 5.97 Å². The minimum atomic E-state index is -0.999. The molecule has 1 unspecified atom stereocenters. The number of hydrogen-bond donors (Lipinski definition) is 2. The molecule has 0 aliphatic carbocycles. The van der Waals surface area contributed by atoms with Crippen molar-refractivity contribution in [3.05, 3.63) is 69.4 Å². The minimum absolute atomic E-state index is 0.0936. The summed E-state index contributed by atoms with van der Waals surface area (Å²) in [5, 5.41) is 13.3. The Morgan fingerprint density at radius 1 is 1.28 bits per heavy atom. The summed E-state index contributed by atoms with van der Waals surface area (Å²) in [4.78, 5) is 26.7. The number of aryl methyl sites for hydroxylation is 1. The number of hydrogen-bond acceptors (Lipinski definition) is 6. The number of carbonyl (C=O) groups is 1. The van der Waals surface area contributed by atoms with Gasteiger partial charge in [-0.25, -0.2) is 4.79 Å². The highest BCUT2D eigenvalue weighted by molar-refractivity contribution is 5.94. The van der Waals surface area contributed by atoms with Crippen molar-refractivity contribution in [2.24, 2.45) is 0 Å². The molecule has 4 rings (SSSR count). The normalized spacial score (nSPS) is 17.3. The molecule has 32 heavy (non-hydrogen) atoms. The second-order valence-electron chi connectivity index (χ2n) is 8.34. The third-order valence-corrected chi connectivity index (χ3v) is 6.01. The Hall–Kier alpha value is -3.32.